The van der Waals surface area contributed by atoms with Crippen molar-refractivity contribution in [3.8, 4) is 0 Å². The summed E-state index contributed by atoms with van der Waals surface area (Å²) in [5, 5.41) is 0. The molecule has 0 aromatic carbocycles. The van der Waals surface area contributed by atoms with Crippen LogP contribution in [-0.4, -0.2) is 57.1 Å². The first-order valence-electron chi connectivity index (χ1n) is 8.07. The van der Waals surface area contributed by atoms with Gasteiger partial charge in [0.2, 0.25) is 0 Å². The van der Waals surface area contributed by atoms with Gasteiger partial charge in [0.15, 0.2) is 0 Å². The van der Waals surface area contributed by atoms with E-state index in [0.29, 0.717) is 17.9 Å². The lowest BCUT2D eigenvalue weighted by Gasteiger charge is -2.23. The summed E-state index contributed by atoms with van der Waals surface area (Å²) < 4.78 is 49.6. The summed E-state index contributed by atoms with van der Waals surface area (Å²) in [5.41, 5.74) is 8.86. The first-order valence-corrected chi connectivity index (χ1v) is 8.07. The Hall–Kier alpha value is -1.67. The molecular weight excluding hydrogens is 335 g/mol. The zero-order valence-corrected chi connectivity index (χ0v) is 15.1. The summed E-state index contributed by atoms with van der Waals surface area (Å²) in [5.74, 6) is 0. The Balaban J connectivity index is 2.78. The number of rotatable bonds is 8. The smallest absolute Gasteiger partial charge is 0.402 e. The quantitative estimate of drug-likeness (QED) is 0.676. The maximum absolute atomic E-state index is 12.9. The highest BCUT2D eigenvalue weighted by molar-refractivity contribution is 6.02. The number of dihydropyridines is 1. The van der Waals surface area contributed by atoms with Crippen LogP contribution in [0.5, 0.6) is 0 Å². The summed E-state index contributed by atoms with van der Waals surface area (Å²) in [6.45, 7) is 6.16. The van der Waals surface area contributed by atoms with Crippen molar-refractivity contribution < 1.29 is 22.6 Å². The summed E-state index contributed by atoms with van der Waals surface area (Å²) >= 11 is 0. The van der Waals surface area contributed by atoms with Crippen molar-refractivity contribution in [2.75, 3.05) is 33.5 Å². The van der Waals surface area contributed by atoms with Crippen LogP contribution < -0.4 is 5.73 Å². The fourth-order valence-electron chi connectivity index (χ4n) is 2.27. The topological polar surface area (TPSA) is 69.2 Å². The predicted octanol–water partition coefficient (Wildman–Crippen LogP) is 3.06. The number of hydrogen-bond donors (Lipinski definition) is 1. The lowest BCUT2D eigenvalue weighted by atomic mass is 10.0. The number of alkyl halides is 3. The maximum Gasteiger partial charge on any atom is 0.411 e. The van der Waals surface area contributed by atoms with Crippen molar-refractivity contribution in [2.24, 2.45) is 15.7 Å². The summed E-state index contributed by atoms with van der Waals surface area (Å²) in [6.07, 6.45) is -3.02. The van der Waals surface area contributed by atoms with E-state index in [1.807, 2.05) is 6.92 Å². The van der Waals surface area contributed by atoms with Crippen molar-refractivity contribution in [1.29, 1.82) is 0 Å². The van der Waals surface area contributed by atoms with Gasteiger partial charge >= 0.3 is 6.18 Å². The molecule has 0 radical (unpaired) electrons. The first-order chi connectivity index (χ1) is 11.7. The van der Waals surface area contributed by atoms with E-state index >= 15 is 0 Å². The van der Waals surface area contributed by atoms with Gasteiger partial charge in [-0.25, -0.2) is 0 Å². The second-order valence-corrected chi connectivity index (χ2v) is 5.70. The molecule has 1 rings (SSSR count). The number of allylic oxidation sites excluding steroid dienone is 1. The van der Waals surface area contributed by atoms with Crippen LogP contribution in [0.25, 0.3) is 0 Å². The highest BCUT2D eigenvalue weighted by Gasteiger charge is 2.40. The number of ether oxygens (including phenoxy) is 2. The fourth-order valence-corrected chi connectivity index (χ4v) is 2.27. The SMILES string of the molecule is CCOCC1=NC(C(F)(F)F)CC=C1COCC(C(C)=NC)=C(C)N. The average molecular weight is 361 g/mol. The lowest BCUT2D eigenvalue weighted by Crippen LogP contribution is -2.32. The van der Waals surface area contributed by atoms with Gasteiger partial charge in [0.1, 0.15) is 6.04 Å². The maximum atomic E-state index is 12.9. The second-order valence-electron chi connectivity index (χ2n) is 5.70. The zero-order valence-electron chi connectivity index (χ0n) is 15.1. The number of hydrogen-bond acceptors (Lipinski definition) is 5. The molecule has 0 saturated heterocycles. The Kier molecular flexibility index (Phi) is 8.31. The third kappa shape index (κ3) is 6.62. The molecule has 0 aromatic rings. The van der Waals surface area contributed by atoms with Crippen molar-refractivity contribution in [3.63, 3.8) is 0 Å². The molecule has 1 aliphatic rings. The van der Waals surface area contributed by atoms with Crippen LogP contribution >= 0.6 is 0 Å². The summed E-state index contributed by atoms with van der Waals surface area (Å²) in [6, 6.07) is -1.72. The molecule has 142 valence electrons. The fraction of sp³-hybridized carbons (Fsp3) is 0.647. The molecular formula is C17H26F3N3O2. The number of nitrogens with zero attached hydrogens (tertiary/aromatic N) is 2. The molecule has 25 heavy (non-hydrogen) atoms. The molecule has 1 heterocycles. The highest BCUT2D eigenvalue weighted by atomic mass is 19.4. The predicted molar refractivity (Wildman–Crippen MR) is 93.2 cm³/mol. The van der Waals surface area contributed by atoms with Gasteiger partial charge in [-0.2, -0.15) is 13.2 Å². The molecule has 0 aromatic heterocycles. The van der Waals surface area contributed by atoms with Crippen LogP contribution in [0, 0.1) is 0 Å². The normalized spacial score (nSPS) is 20.1. The van der Waals surface area contributed by atoms with E-state index in [4.69, 9.17) is 15.2 Å². The molecule has 0 saturated carbocycles. The minimum absolute atomic E-state index is 0.0341. The molecule has 2 N–H and O–H groups in total. The molecule has 0 bridgehead atoms. The molecule has 1 unspecified atom stereocenters. The van der Waals surface area contributed by atoms with Crippen molar-refractivity contribution in [2.45, 2.75) is 39.4 Å². The van der Waals surface area contributed by atoms with Crippen LogP contribution in [0.2, 0.25) is 0 Å². The van der Waals surface area contributed by atoms with Gasteiger partial charge in [-0.05, 0) is 32.8 Å². The minimum Gasteiger partial charge on any atom is -0.402 e. The van der Waals surface area contributed by atoms with E-state index in [0.717, 1.165) is 11.3 Å². The van der Waals surface area contributed by atoms with Gasteiger partial charge in [-0.1, -0.05) is 6.08 Å². The average Bonchev–Trinajstić information content (AvgIpc) is 2.55. The standard InChI is InChI=1S/C17H26F3N3O2/c1-5-24-10-15-13(6-7-16(23-15)17(18,19)20)8-25-9-14(11(2)21)12(3)22-4/h6,16H,5,7-10,21H2,1-4H3. The van der Waals surface area contributed by atoms with Crippen molar-refractivity contribution in [3.05, 3.63) is 22.9 Å². The van der Waals surface area contributed by atoms with Crippen LogP contribution in [0.4, 0.5) is 13.2 Å². The summed E-state index contributed by atoms with van der Waals surface area (Å²) in [4.78, 5) is 7.90. The zero-order chi connectivity index (χ0) is 19.0. The van der Waals surface area contributed by atoms with E-state index in [2.05, 4.69) is 9.98 Å². The molecule has 0 aliphatic carbocycles. The van der Waals surface area contributed by atoms with Crippen molar-refractivity contribution >= 4 is 11.4 Å². The number of nitrogens with two attached hydrogens (primary N) is 1. The molecule has 0 amide bonds. The third-order valence-corrected chi connectivity index (χ3v) is 3.84. The Bertz CT molecular complexity index is 574. The Labute approximate surface area is 146 Å². The van der Waals surface area contributed by atoms with Crippen LogP contribution in [0.15, 0.2) is 32.9 Å². The number of halogens is 3. The lowest BCUT2D eigenvalue weighted by molar-refractivity contribution is -0.146. The third-order valence-electron chi connectivity index (χ3n) is 3.84. The molecule has 0 spiro atoms. The van der Waals surface area contributed by atoms with Gasteiger partial charge in [0, 0.05) is 30.6 Å². The monoisotopic (exact) mass is 361 g/mol. The van der Waals surface area contributed by atoms with E-state index in [1.54, 1.807) is 20.9 Å². The van der Waals surface area contributed by atoms with Crippen LogP contribution in [0.1, 0.15) is 27.2 Å². The van der Waals surface area contributed by atoms with Crippen molar-refractivity contribution in [1.82, 2.24) is 0 Å². The van der Waals surface area contributed by atoms with Gasteiger partial charge in [-0.15, -0.1) is 0 Å². The minimum atomic E-state index is -4.36. The molecule has 8 heteroatoms. The van der Waals surface area contributed by atoms with E-state index in [-0.39, 0.29) is 32.0 Å². The summed E-state index contributed by atoms with van der Waals surface area (Å²) in [7, 11) is 1.66. The van der Waals surface area contributed by atoms with Gasteiger partial charge in [-0.3, -0.25) is 9.98 Å². The number of aliphatic imine (C=N–C) groups is 2. The van der Waals surface area contributed by atoms with E-state index < -0.39 is 12.2 Å². The second kappa shape index (κ2) is 9.72. The largest absolute Gasteiger partial charge is 0.411 e. The van der Waals surface area contributed by atoms with E-state index in [9.17, 15) is 13.2 Å². The first kappa shape index (κ1) is 21.4. The Morgan fingerprint density at radius 1 is 1.32 bits per heavy atom. The van der Waals surface area contributed by atoms with Crippen LogP contribution in [0.3, 0.4) is 0 Å². The van der Waals surface area contributed by atoms with Gasteiger partial charge < -0.3 is 15.2 Å². The van der Waals surface area contributed by atoms with Gasteiger partial charge in [0.05, 0.1) is 25.5 Å². The van der Waals surface area contributed by atoms with E-state index in [1.165, 1.54) is 6.08 Å². The molecule has 1 aliphatic heterocycles. The van der Waals surface area contributed by atoms with Gasteiger partial charge in [0.25, 0.3) is 0 Å². The molecule has 1 atom stereocenters. The molecule has 5 nitrogen and oxygen atoms in total. The van der Waals surface area contributed by atoms with Crippen LogP contribution in [-0.2, 0) is 9.47 Å². The highest BCUT2D eigenvalue weighted by Crippen LogP contribution is 2.29. The Morgan fingerprint density at radius 2 is 2.00 bits per heavy atom. The molecule has 0 fully saturated rings. The Morgan fingerprint density at radius 3 is 2.52 bits per heavy atom.